The number of unbranched alkanes of at least 4 members (excludes halogenated alkanes) is 1. The maximum Gasteiger partial charge on any atom is 0.444 e. The van der Waals surface area contributed by atoms with Crippen LogP contribution in [0.4, 0.5) is 4.79 Å². The molecule has 1 heterocycles. The molecular weight excluding hydrogens is 226 g/mol. The molecule has 7 heteroatoms. The van der Waals surface area contributed by atoms with E-state index in [4.69, 9.17) is 10.6 Å². The number of nitrogens with zero attached hydrogens (tertiary/aromatic N) is 2. The molecule has 0 bridgehead atoms. The number of hydrazine groups is 2. The van der Waals surface area contributed by atoms with Gasteiger partial charge in [0.1, 0.15) is 0 Å². The van der Waals surface area contributed by atoms with Crippen molar-refractivity contribution in [1.29, 1.82) is 0 Å². The Hall–Kier alpha value is -1.63. The highest BCUT2D eigenvalue weighted by molar-refractivity contribution is 5.98. The molecule has 0 aromatic rings. The number of carbonyl (C=O) groups is 3. The fourth-order valence-electron chi connectivity index (χ4n) is 1.43. The standard InChI is InChI=1S/C10H17N3O4/c1-2-3-7-17-10(16)13(11)12-8(14)5-4-6-9(12)15/h2-7,11H2,1H3. The maximum atomic E-state index is 11.5. The molecule has 1 saturated heterocycles. The van der Waals surface area contributed by atoms with Gasteiger partial charge in [-0.1, -0.05) is 13.3 Å². The summed E-state index contributed by atoms with van der Waals surface area (Å²) in [6, 6.07) is 0. The third-order valence-corrected chi connectivity index (χ3v) is 2.38. The van der Waals surface area contributed by atoms with Crippen LogP contribution in [0.15, 0.2) is 0 Å². The smallest absolute Gasteiger partial charge is 0.444 e. The van der Waals surface area contributed by atoms with Gasteiger partial charge in [0.15, 0.2) is 0 Å². The molecule has 1 rings (SSSR count). The van der Waals surface area contributed by atoms with Crippen molar-refractivity contribution in [3.8, 4) is 0 Å². The molecule has 96 valence electrons. The number of ether oxygens (including phenoxy) is 1. The Labute approximate surface area is 99.4 Å². The van der Waals surface area contributed by atoms with Gasteiger partial charge in [-0.15, -0.1) is 5.12 Å². The minimum atomic E-state index is -0.887. The van der Waals surface area contributed by atoms with E-state index in [0.29, 0.717) is 23.0 Å². The summed E-state index contributed by atoms with van der Waals surface area (Å²) in [6.07, 6.45) is 1.61. The van der Waals surface area contributed by atoms with E-state index < -0.39 is 17.9 Å². The highest BCUT2D eigenvalue weighted by atomic mass is 16.6. The molecule has 0 unspecified atom stereocenters. The van der Waals surface area contributed by atoms with E-state index in [1.54, 1.807) is 0 Å². The van der Waals surface area contributed by atoms with Crippen molar-refractivity contribution in [3.63, 3.8) is 0 Å². The van der Waals surface area contributed by atoms with E-state index in [1.807, 2.05) is 6.92 Å². The van der Waals surface area contributed by atoms with Gasteiger partial charge < -0.3 is 4.74 Å². The summed E-state index contributed by atoms with van der Waals surface area (Å²) < 4.78 is 4.81. The molecule has 1 fully saturated rings. The number of rotatable bonds is 4. The molecule has 1 aliphatic heterocycles. The van der Waals surface area contributed by atoms with Crippen LogP contribution in [0.5, 0.6) is 0 Å². The average molecular weight is 243 g/mol. The van der Waals surface area contributed by atoms with Crippen LogP contribution in [-0.4, -0.2) is 34.6 Å². The Bertz CT molecular complexity index is 303. The van der Waals surface area contributed by atoms with Gasteiger partial charge in [-0.25, -0.2) is 10.6 Å². The first-order valence-electron chi connectivity index (χ1n) is 5.65. The Kier molecular flexibility index (Phi) is 4.89. The summed E-state index contributed by atoms with van der Waals surface area (Å²) >= 11 is 0. The molecule has 17 heavy (non-hydrogen) atoms. The number of nitrogens with two attached hydrogens (primary N) is 1. The van der Waals surface area contributed by atoms with E-state index in [2.05, 4.69) is 0 Å². The summed E-state index contributed by atoms with van der Waals surface area (Å²) in [5.74, 6) is 4.45. The first-order chi connectivity index (χ1) is 8.07. The van der Waals surface area contributed by atoms with Crippen LogP contribution in [0.25, 0.3) is 0 Å². The van der Waals surface area contributed by atoms with Crippen LogP contribution in [-0.2, 0) is 14.3 Å². The lowest BCUT2D eigenvalue weighted by Crippen LogP contribution is -2.57. The number of amides is 3. The van der Waals surface area contributed by atoms with Gasteiger partial charge in [0.2, 0.25) is 11.8 Å². The van der Waals surface area contributed by atoms with Crippen LogP contribution in [0, 0.1) is 0 Å². The van der Waals surface area contributed by atoms with Gasteiger partial charge in [0.25, 0.3) is 0 Å². The Balaban J connectivity index is 2.54. The van der Waals surface area contributed by atoms with Crippen molar-refractivity contribution >= 4 is 17.9 Å². The molecule has 3 amide bonds. The summed E-state index contributed by atoms with van der Waals surface area (Å²) in [6.45, 7) is 2.17. The summed E-state index contributed by atoms with van der Waals surface area (Å²) in [5.41, 5.74) is 0. The lowest BCUT2D eigenvalue weighted by molar-refractivity contribution is -0.165. The third-order valence-electron chi connectivity index (χ3n) is 2.38. The molecule has 0 spiro atoms. The maximum absolute atomic E-state index is 11.5. The highest BCUT2D eigenvalue weighted by Gasteiger charge is 2.33. The zero-order chi connectivity index (χ0) is 12.8. The SMILES string of the molecule is CCCCOC(=O)N(N)N1C(=O)CCCC1=O. The molecule has 0 radical (unpaired) electrons. The van der Waals surface area contributed by atoms with Crippen LogP contribution in [0.1, 0.15) is 39.0 Å². The normalized spacial score (nSPS) is 16.0. The topological polar surface area (TPSA) is 92.9 Å². The predicted octanol–water partition coefficient (Wildman–Crippen LogP) is 0.553. The number of hydrogen-bond acceptors (Lipinski definition) is 5. The Morgan fingerprint density at radius 2 is 2.00 bits per heavy atom. The summed E-state index contributed by atoms with van der Waals surface area (Å²) in [7, 11) is 0. The second-order valence-corrected chi connectivity index (χ2v) is 3.77. The summed E-state index contributed by atoms with van der Waals surface area (Å²) in [5, 5.41) is 1.11. The Morgan fingerprint density at radius 1 is 1.41 bits per heavy atom. The molecule has 7 nitrogen and oxygen atoms in total. The first kappa shape index (κ1) is 13.4. The van der Waals surface area contributed by atoms with Crippen molar-refractivity contribution in [2.24, 2.45) is 5.84 Å². The number of hydrogen-bond donors (Lipinski definition) is 1. The molecule has 0 saturated carbocycles. The van der Waals surface area contributed by atoms with Gasteiger partial charge in [0, 0.05) is 12.8 Å². The Morgan fingerprint density at radius 3 is 2.53 bits per heavy atom. The van der Waals surface area contributed by atoms with Gasteiger partial charge in [-0.3, -0.25) is 9.59 Å². The van der Waals surface area contributed by atoms with E-state index in [0.717, 1.165) is 6.42 Å². The van der Waals surface area contributed by atoms with E-state index >= 15 is 0 Å². The van der Waals surface area contributed by atoms with E-state index in [9.17, 15) is 14.4 Å². The predicted molar refractivity (Wildman–Crippen MR) is 58.0 cm³/mol. The van der Waals surface area contributed by atoms with Crippen molar-refractivity contribution in [2.75, 3.05) is 6.61 Å². The third kappa shape index (κ3) is 3.42. The van der Waals surface area contributed by atoms with Crippen LogP contribution >= 0.6 is 0 Å². The largest absolute Gasteiger partial charge is 0.447 e. The van der Waals surface area contributed by atoms with Crippen molar-refractivity contribution in [1.82, 2.24) is 10.1 Å². The van der Waals surface area contributed by atoms with Crippen molar-refractivity contribution < 1.29 is 19.1 Å². The monoisotopic (exact) mass is 243 g/mol. The second-order valence-electron chi connectivity index (χ2n) is 3.77. The van der Waals surface area contributed by atoms with Crippen LogP contribution < -0.4 is 5.84 Å². The van der Waals surface area contributed by atoms with Gasteiger partial charge in [-0.05, 0) is 12.8 Å². The van der Waals surface area contributed by atoms with Crippen molar-refractivity contribution in [3.05, 3.63) is 0 Å². The summed E-state index contributed by atoms with van der Waals surface area (Å²) in [4.78, 5) is 34.4. The lowest BCUT2D eigenvalue weighted by atomic mass is 10.1. The second kappa shape index (κ2) is 6.19. The highest BCUT2D eigenvalue weighted by Crippen LogP contribution is 2.13. The average Bonchev–Trinajstić information content (AvgIpc) is 2.28. The number of piperidine rings is 1. The fraction of sp³-hybridized carbons (Fsp3) is 0.700. The molecule has 2 N–H and O–H groups in total. The number of carbonyl (C=O) groups excluding carboxylic acids is 3. The van der Waals surface area contributed by atoms with Crippen molar-refractivity contribution in [2.45, 2.75) is 39.0 Å². The minimum absolute atomic E-state index is 0.210. The molecule has 0 aliphatic carbocycles. The first-order valence-corrected chi connectivity index (χ1v) is 5.65. The van der Waals surface area contributed by atoms with E-state index in [1.165, 1.54) is 0 Å². The molecule has 1 aliphatic rings. The zero-order valence-electron chi connectivity index (χ0n) is 9.85. The molecule has 0 aromatic heterocycles. The minimum Gasteiger partial charge on any atom is -0.447 e. The van der Waals surface area contributed by atoms with Gasteiger partial charge in [-0.2, -0.15) is 5.01 Å². The lowest BCUT2D eigenvalue weighted by Gasteiger charge is -2.30. The quantitative estimate of drug-likeness (QED) is 0.256. The molecule has 0 aromatic carbocycles. The van der Waals surface area contributed by atoms with Gasteiger partial charge in [0.05, 0.1) is 6.61 Å². The van der Waals surface area contributed by atoms with Crippen LogP contribution in [0.3, 0.4) is 0 Å². The van der Waals surface area contributed by atoms with Gasteiger partial charge >= 0.3 is 6.09 Å². The van der Waals surface area contributed by atoms with E-state index in [-0.39, 0.29) is 19.4 Å². The number of imide groups is 1. The van der Waals surface area contributed by atoms with Crippen LogP contribution in [0.2, 0.25) is 0 Å². The fourth-order valence-corrected chi connectivity index (χ4v) is 1.43. The molecule has 0 atom stereocenters. The molecular formula is C10H17N3O4. The zero-order valence-corrected chi connectivity index (χ0v) is 9.85.